The van der Waals surface area contributed by atoms with Gasteiger partial charge in [-0.15, -0.1) is 0 Å². The Balaban J connectivity index is 2.35. The number of carbonyl (C=O) groups is 1. The third-order valence-corrected chi connectivity index (χ3v) is 2.16. The van der Waals surface area contributed by atoms with Gasteiger partial charge >= 0.3 is 5.97 Å². The molecule has 88 valence electrons. The highest BCUT2D eigenvalue weighted by Gasteiger charge is 2.14. The molecule has 3 nitrogen and oxygen atoms in total. The highest BCUT2D eigenvalue weighted by atomic mass is 16.5. The van der Waals surface area contributed by atoms with Crippen molar-refractivity contribution in [2.24, 2.45) is 0 Å². The van der Waals surface area contributed by atoms with Crippen LogP contribution < -0.4 is 5.32 Å². The van der Waals surface area contributed by atoms with Gasteiger partial charge in [-0.3, -0.25) is 4.79 Å². The van der Waals surface area contributed by atoms with E-state index in [1.807, 2.05) is 51.1 Å². The lowest BCUT2D eigenvalue weighted by atomic mass is 10.2. The summed E-state index contributed by atoms with van der Waals surface area (Å²) >= 11 is 0. The number of hydrogen-bond donors (Lipinski definition) is 1. The summed E-state index contributed by atoms with van der Waals surface area (Å²) in [6.07, 6.45) is -0.0616. The van der Waals surface area contributed by atoms with Crippen molar-refractivity contribution in [3.63, 3.8) is 0 Å². The molecule has 0 spiro atoms. The molecule has 16 heavy (non-hydrogen) atoms. The van der Waals surface area contributed by atoms with Gasteiger partial charge in [-0.25, -0.2) is 0 Å². The number of esters is 1. The van der Waals surface area contributed by atoms with Gasteiger partial charge in [-0.2, -0.15) is 0 Å². The summed E-state index contributed by atoms with van der Waals surface area (Å²) < 4.78 is 5.10. The first-order chi connectivity index (χ1) is 7.59. The number of rotatable bonds is 5. The quantitative estimate of drug-likeness (QED) is 0.774. The van der Waals surface area contributed by atoms with E-state index in [9.17, 15) is 4.79 Å². The standard InChI is InChI=1S/C13H19NO2/c1-10(2)16-13(15)11(3)14-9-12-7-5-4-6-8-12/h4-8,10-11,14H,9H2,1-3H3/t11-/m1/s1. The summed E-state index contributed by atoms with van der Waals surface area (Å²) in [4.78, 5) is 11.5. The van der Waals surface area contributed by atoms with E-state index < -0.39 is 0 Å². The molecule has 0 saturated heterocycles. The van der Waals surface area contributed by atoms with Crippen molar-refractivity contribution in [3.05, 3.63) is 35.9 Å². The summed E-state index contributed by atoms with van der Waals surface area (Å²) in [7, 11) is 0. The molecular formula is C13H19NO2. The Bertz CT molecular complexity index is 322. The molecule has 0 unspecified atom stereocenters. The molecule has 1 N–H and O–H groups in total. The van der Waals surface area contributed by atoms with Crippen LogP contribution in [0, 0.1) is 0 Å². The van der Waals surface area contributed by atoms with Gasteiger partial charge in [0.2, 0.25) is 0 Å². The zero-order valence-electron chi connectivity index (χ0n) is 10.1. The van der Waals surface area contributed by atoms with Crippen LogP contribution in [0.5, 0.6) is 0 Å². The van der Waals surface area contributed by atoms with Crippen molar-refractivity contribution in [3.8, 4) is 0 Å². The molecule has 0 aliphatic rings. The molecule has 1 rings (SSSR count). The molecule has 0 heterocycles. The number of ether oxygens (including phenoxy) is 1. The summed E-state index contributed by atoms with van der Waals surface area (Å²) in [6, 6.07) is 9.70. The summed E-state index contributed by atoms with van der Waals surface area (Å²) in [5.41, 5.74) is 1.16. The normalized spacial score (nSPS) is 12.5. The molecule has 0 saturated carbocycles. The minimum Gasteiger partial charge on any atom is -0.462 e. The van der Waals surface area contributed by atoms with Crippen molar-refractivity contribution >= 4 is 5.97 Å². The maximum absolute atomic E-state index is 11.5. The molecule has 1 aromatic rings. The number of carbonyl (C=O) groups excluding carboxylic acids is 1. The maximum atomic E-state index is 11.5. The van der Waals surface area contributed by atoms with Crippen LogP contribution in [-0.2, 0) is 16.1 Å². The molecule has 0 amide bonds. The Labute approximate surface area is 96.8 Å². The third-order valence-electron chi connectivity index (χ3n) is 2.16. The second kappa shape index (κ2) is 6.28. The fourth-order valence-electron chi connectivity index (χ4n) is 1.28. The van der Waals surface area contributed by atoms with E-state index in [1.165, 1.54) is 0 Å². The molecule has 1 atom stereocenters. The van der Waals surface area contributed by atoms with E-state index in [0.29, 0.717) is 6.54 Å². The topological polar surface area (TPSA) is 38.3 Å². The zero-order valence-corrected chi connectivity index (χ0v) is 10.1. The Morgan fingerprint density at radius 2 is 1.88 bits per heavy atom. The van der Waals surface area contributed by atoms with Crippen LogP contribution in [0.3, 0.4) is 0 Å². The molecule has 0 aliphatic carbocycles. The van der Waals surface area contributed by atoms with Gasteiger partial charge in [0, 0.05) is 6.54 Å². The van der Waals surface area contributed by atoms with E-state index in [4.69, 9.17) is 4.74 Å². The molecule has 0 radical (unpaired) electrons. The second-order valence-corrected chi connectivity index (χ2v) is 4.07. The van der Waals surface area contributed by atoms with Crippen LogP contribution in [0.4, 0.5) is 0 Å². The first kappa shape index (κ1) is 12.7. The van der Waals surface area contributed by atoms with Gasteiger partial charge in [0.25, 0.3) is 0 Å². The number of nitrogens with one attached hydrogen (secondary N) is 1. The number of benzene rings is 1. The Morgan fingerprint density at radius 3 is 2.44 bits per heavy atom. The van der Waals surface area contributed by atoms with E-state index >= 15 is 0 Å². The van der Waals surface area contributed by atoms with E-state index in [2.05, 4.69) is 5.32 Å². The van der Waals surface area contributed by atoms with Crippen molar-refractivity contribution < 1.29 is 9.53 Å². The minimum absolute atomic E-state index is 0.0616. The lowest BCUT2D eigenvalue weighted by Crippen LogP contribution is -2.36. The molecular weight excluding hydrogens is 202 g/mol. The van der Waals surface area contributed by atoms with Gasteiger partial charge < -0.3 is 10.1 Å². The monoisotopic (exact) mass is 221 g/mol. The van der Waals surface area contributed by atoms with Gasteiger partial charge in [-0.1, -0.05) is 30.3 Å². The molecule has 0 aliphatic heterocycles. The molecule has 0 aromatic heterocycles. The highest BCUT2D eigenvalue weighted by Crippen LogP contribution is 2.00. The fourth-order valence-corrected chi connectivity index (χ4v) is 1.28. The highest BCUT2D eigenvalue weighted by molar-refractivity contribution is 5.75. The van der Waals surface area contributed by atoms with E-state index in [0.717, 1.165) is 5.56 Å². The van der Waals surface area contributed by atoms with Crippen LogP contribution >= 0.6 is 0 Å². The second-order valence-electron chi connectivity index (χ2n) is 4.07. The number of hydrogen-bond acceptors (Lipinski definition) is 3. The molecule has 3 heteroatoms. The predicted octanol–water partition coefficient (Wildman–Crippen LogP) is 2.12. The van der Waals surface area contributed by atoms with Crippen molar-refractivity contribution in [2.45, 2.75) is 39.5 Å². The predicted molar refractivity (Wildman–Crippen MR) is 64.0 cm³/mol. The lowest BCUT2D eigenvalue weighted by molar-refractivity contribution is -0.149. The molecule has 1 aromatic carbocycles. The Morgan fingerprint density at radius 1 is 1.25 bits per heavy atom. The average molecular weight is 221 g/mol. The van der Waals surface area contributed by atoms with Crippen molar-refractivity contribution in [1.82, 2.24) is 5.32 Å². The first-order valence-corrected chi connectivity index (χ1v) is 5.57. The van der Waals surface area contributed by atoms with E-state index in [-0.39, 0.29) is 18.1 Å². The van der Waals surface area contributed by atoms with Crippen molar-refractivity contribution in [1.29, 1.82) is 0 Å². The van der Waals surface area contributed by atoms with Crippen LogP contribution in [0.25, 0.3) is 0 Å². The molecule has 0 bridgehead atoms. The van der Waals surface area contributed by atoms with Gasteiger partial charge in [0.1, 0.15) is 6.04 Å². The fraction of sp³-hybridized carbons (Fsp3) is 0.462. The first-order valence-electron chi connectivity index (χ1n) is 5.57. The zero-order chi connectivity index (χ0) is 12.0. The summed E-state index contributed by atoms with van der Waals surface area (Å²) in [6.45, 7) is 6.19. The van der Waals surface area contributed by atoms with E-state index in [1.54, 1.807) is 0 Å². The summed E-state index contributed by atoms with van der Waals surface area (Å²) in [5, 5.41) is 3.13. The Hall–Kier alpha value is -1.35. The SMILES string of the molecule is CC(C)OC(=O)[C@@H](C)NCc1ccccc1. The van der Waals surface area contributed by atoms with Crippen LogP contribution in [0.15, 0.2) is 30.3 Å². The smallest absolute Gasteiger partial charge is 0.323 e. The van der Waals surface area contributed by atoms with Crippen LogP contribution in [-0.4, -0.2) is 18.1 Å². The van der Waals surface area contributed by atoms with Gasteiger partial charge in [-0.05, 0) is 26.3 Å². The largest absolute Gasteiger partial charge is 0.462 e. The Kier molecular flexibility index (Phi) is 4.99. The van der Waals surface area contributed by atoms with Crippen molar-refractivity contribution in [2.75, 3.05) is 0 Å². The van der Waals surface area contributed by atoms with Gasteiger partial charge in [0.05, 0.1) is 6.10 Å². The lowest BCUT2D eigenvalue weighted by Gasteiger charge is -2.15. The average Bonchev–Trinajstić information content (AvgIpc) is 2.26. The molecule has 0 fully saturated rings. The maximum Gasteiger partial charge on any atom is 0.323 e. The van der Waals surface area contributed by atoms with Crippen LogP contribution in [0.2, 0.25) is 0 Å². The summed E-state index contributed by atoms with van der Waals surface area (Å²) in [5.74, 6) is -0.203. The van der Waals surface area contributed by atoms with Crippen LogP contribution in [0.1, 0.15) is 26.3 Å². The third kappa shape index (κ3) is 4.45. The minimum atomic E-state index is -0.275. The van der Waals surface area contributed by atoms with Gasteiger partial charge in [0.15, 0.2) is 0 Å².